The van der Waals surface area contributed by atoms with E-state index >= 15 is 0 Å². The molecule has 10 heteroatoms. The lowest BCUT2D eigenvalue weighted by molar-refractivity contribution is 0.102. The zero-order chi connectivity index (χ0) is 18.8. The molecule has 2 aromatic carbocycles. The number of carbonyl (C=O) groups is 1. The molecule has 0 fully saturated rings. The number of amides is 1. The highest BCUT2D eigenvalue weighted by Crippen LogP contribution is 2.29. The van der Waals surface area contributed by atoms with Gasteiger partial charge in [-0.05, 0) is 29.8 Å². The van der Waals surface area contributed by atoms with E-state index in [1.807, 2.05) is 24.3 Å². The minimum absolute atomic E-state index is 0.340. The van der Waals surface area contributed by atoms with E-state index in [2.05, 4.69) is 20.5 Å². The Bertz CT molecular complexity index is 1080. The summed E-state index contributed by atoms with van der Waals surface area (Å²) < 4.78 is 27.9. The summed E-state index contributed by atoms with van der Waals surface area (Å²) >= 11 is 3.77. The molecule has 0 unspecified atom stereocenters. The fourth-order valence-corrected chi connectivity index (χ4v) is 4.82. The van der Waals surface area contributed by atoms with Gasteiger partial charge in [0.25, 0.3) is 5.91 Å². The molecule has 0 aliphatic heterocycles. The number of rotatable bonds is 5. The summed E-state index contributed by atoms with van der Waals surface area (Å²) in [4.78, 5) is 16.6. The number of aromatic nitrogens is 3. The largest absolute Gasteiger partial charge is 0.294 e. The van der Waals surface area contributed by atoms with Crippen molar-refractivity contribution in [2.75, 3.05) is 5.32 Å². The molecule has 5 nitrogen and oxygen atoms in total. The first-order valence-corrected chi connectivity index (χ1v) is 10.3. The third-order valence-electron chi connectivity index (χ3n) is 3.40. The molecule has 27 heavy (non-hydrogen) atoms. The standard InChI is InChI=1S/C17H10F2N4OS3/c18-10-5-9(6-11(19)7-10)8-25-17-23-22-16(27-17)21-14(24)15-20-12-3-1-2-4-13(12)26-15/h1-7H,8H2,(H,21,22,24). The first-order valence-electron chi connectivity index (χ1n) is 7.65. The summed E-state index contributed by atoms with van der Waals surface area (Å²) in [5, 5.41) is 11.3. The predicted octanol–water partition coefficient (Wildman–Crippen LogP) is 4.97. The SMILES string of the molecule is O=C(Nc1nnc(SCc2cc(F)cc(F)c2)s1)c1nc2ccccc2s1. The van der Waals surface area contributed by atoms with Gasteiger partial charge in [0.2, 0.25) is 5.13 Å². The molecule has 2 heterocycles. The molecule has 0 atom stereocenters. The minimum atomic E-state index is -0.619. The molecule has 0 aliphatic carbocycles. The van der Waals surface area contributed by atoms with Crippen LogP contribution in [0.4, 0.5) is 13.9 Å². The molecule has 0 spiro atoms. The van der Waals surface area contributed by atoms with Gasteiger partial charge in [-0.3, -0.25) is 10.1 Å². The van der Waals surface area contributed by atoms with Gasteiger partial charge in [-0.25, -0.2) is 13.8 Å². The van der Waals surface area contributed by atoms with Gasteiger partial charge >= 0.3 is 0 Å². The Hall–Kier alpha value is -2.43. The van der Waals surface area contributed by atoms with Gasteiger partial charge in [0.15, 0.2) is 9.35 Å². The fourth-order valence-electron chi connectivity index (χ4n) is 2.28. The molecule has 4 aromatic rings. The summed E-state index contributed by atoms with van der Waals surface area (Å²) in [5.41, 5.74) is 1.27. The molecule has 136 valence electrons. The number of halogens is 2. The van der Waals surface area contributed by atoms with Crippen molar-refractivity contribution in [3.05, 3.63) is 64.7 Å². The Kier molecular flexibility index (Phi) is 5.10. The van der Waals surface area contributed by atoms with Crippen molar-refractivity contribution in [2.24, 2.45) is 0 Å². The Morgan fingerprint density at radius 3 is 2.63 bits per heavy atom. The highest BCUT2D eigenvalue weighted by Gasteiger charge is 2.15. The smallest absolute Gasteiger partial charge is 0.286 e. The Morgan fingerprint density at radius 1 is 1.07 bits per heavy atom. The number of carbonyl (C=O) groups excluding carboxylic acids is 1. The molecule has 4 rings (SSSR count). The monoisotopic (exact) mass is 420 g/mol. The normalized spacial score (nSPS) is 11.0. The summed E-state index contributed by atoms with van der Waals surface area (Å²) in [5.74, 6) is -1.25. The number of para-hydroxylation sites is 1. The number of nitrogens with zero attached hydrogens (tertiary/aromatic N) is 3. The van der Waals surface area contributed by atoms with Crippen molar-refractivity contribution in [1.82, 2.24) is 15.2 Å². The topological polar surface area (TPSA) is 67.8 Å². The number of nitrogens with one attached hydrogen (secondary N) is 1. The molecule has 0 aliphatic rings. The second kappa shape index (κ2) is 7.67. The predicted molar refractivity (Wildman–Crippen MR) is 103 cm³/mol. The highest BCUT2D eigenvalue weighted by atomic mass is 32.2. The molecular weight excluding hydrogens is 410 g/mol. The van der Waals surface area contributed by atoms with Crippen LogP contribution < -0.4 is 5.32 Å². The van der Waals surface area contributed by atoms with Crippen LogP contribution in [0.25, 0.3) is 10.2 Å². The van der Waals surface area contributed by atoms with E-state index in [1.54, 1.807) is 0 Å². The van der Waals surface area contributed by atoms with Gasteiger partial charge in [0.05, 0.1) is 10.2 Å². The summed E-state index contributed by atoms with van der Waals surface area (Å²) in [6.45, 7) is 0. The molecule has 0 saturated carbocycles. The van der Waals surface area contributed by atoms with Crippen molar-refractivity contribution in [2.45, 2.75) is 10.1 Å². The van der Waals surface area contributed by atoms with Crippen LogP contribution in [-0.4, -0.2) is 21.1 Å². The van der Waals surface area contributed by atoms with E-state index in [-0.39, 0.29) is 5.91 Å². The average molecular weight is 420 g/mol. The molecular formula is C17H10F2N4OS3. The third-order valence-corrected chi connectivity index (χ3v) is 6.48. The Morgan fingerprint density at radius 2 is 1.85 bits per heavy atom. The molecule has 1 N–H and O–H groups in total. The molecule has 0 bridgehead atoms. The Balaban J connectivity index is 1.40. The average Bonchev–Trinajstić information content (AvgIpc) is 3.25. The quantitative estimate of drug-likeness (QED) is 0.365. The van der Waals surface area contributed by atoms with E-state index < -0.39 is 11.6 Å². The van der Waals surface area contributed by atoms with Crippen molar-refractivity contribution >= 4 is 55.7 Å². The minimum Gasteiger partial charge on any atom is -0.294 e. The van der Waals surface area contributed by atoms with Crippen LogP contribution in [0.3, 0.4) is 0 Å². The van der Waals surface area contributed by atoms with Gasteiger partial charge in [-0.15, -0.1) is 21.5 Å². The van der Waals surface area contributed by atoms with Crippen molar-refractivity contribution < 1.29 is 13.6 Å². The van der Waals surface area contributed by atoms with Crippen molar-refractivity contribution in [3.63, 3.8) is 0 Å². The van der Waals surface area contributed by atoms with E-state index in [9.17, 15) is 13.6 Å². The van der Waals surface area contributed by atoms with Crippen LogP contribution in [0.2, 0.25) is 0 Å². The third kappa shape index (κ3) is 4.29. The first kappa shape index (κ1) is 18.0. The molecule has 0 saturated heterocycles. The number of fused-ring (bicyclic) bond motifs is 1. The number of anilines is 1. The van der Waals surface area contributed by atoms with E-state index in [0.717, 1.165) is 16.3 Å². The number of thiazole rings is 1. The zero-order valence-corrected chi connectivity index (χ0v) is 15.9. The van der Waals surface area contributed by atoms with Crippen LogP contribution in [0.5, 0.6) is 0 Å². The van der Waals surface area contributed by atoms with Gasteiger partial charge in [0.1, 0.15) is 11.6 Å². The maximum Gasteiger partial charge on any atom is 0.286 e. The van der Waals surface area contributed by atoms with E-state index in [1.165, 1.54) is 46.6 Å². The number of hydrogen-bond acceptors (Lipinski definition) is 7. The van der Waals surface area contributed by atoms with Gasteiger partial charge < -0.3 is 0 Å². The zero-order valence-electron chi connectivity index (χ0n) is 13.5. The van der Waals surface area contributed by atoms with Gasteiger partial charge in [-0.1, -0.05) is 35.2 Å². The first-order chi connectivity index (χ1) is 13.1. The highest BCUT2D eigenvalue weighted by molar-refractivity contribution is 8.00. The Labute approximate surface area is 164 Å². The fraction of sp³-hybridized carbons (Fsp3) is 0.0588. The van der Waals surface area contributed by atoms with Gasteiger partial charge in [0, 0.05) is 11.8 Å². The van der Waals surface area contributed by atoms with Crippen molar-refractivity contribution in [3.8, 4) is 0 Å². The second-order valence-corrected chi connectivity index (χ2v) is 8.61. The maximum absolute atomic E-state index is 13.2. The van der Waals surface area contributed by atoms with Crippen LogP contribution in [0, 0.1) is 11.6 Å². The van der Waals surface area contributed by atoms with E-state index in [0.29, 0.717) is 25.8 Å². The summed E-state index contributed by atoms with van der Waals surface area (Å²) in [6.07, 6.45) is 0. The van der Waals surface area contributed by atoms with Crippen LogP contribution in [-0.2, 0) is 5.75 Å². The molecule has 1 amide bonds. The van der Waals surface area contributed by atoms with Crippen LogP contribution in [0.15, 0.2) is 46.8 Å². The summed E-state index contributed by atoms with van der Waals surface area (Å²) in [6, 6.07) is 10.9. The second-order valence-electron chi connectivity index (χ2n) is 5.38. The van der Waals surface area contributed by atoms with Crippen molar-refractivity contribution in [1.29, 1.82) is 0 Å². The maximum atomic E-state index is 13.2. The molecule has 2 aromatic heterocycles. The van der Waals surface area contributed by atoms with E-state index in [4.69, 9.17) is 0 Å². The number of benzene rings is 2. The van der Waals surface area contributed by atoms with Crippen LogP contribution >= 0.6 is 34.4 Å². The van der Waals surface area contributed by atoms with Gasteiger partial charge in [-0.2, -0.15) is 0 Å². The summed E-state index contributed by atoms with van der Waals surface area (Å²) in [7, 11) is 0. The number of thioether (sulfide) groups is 1. The lowest BCUT2D eigenvalue weighted by Gasteiger charge is -1.99. The van der Waals surface area contributed by atoms with Crippen LogP contribution in [0.1, 0.15) is 15.4 Å². The lowest BCUT2D eigenvalue weighted by Crippen LogP contribution is -2.11. The lowest BCUT2D eigenvalue weighted by atomic mass is 10.2. The number of hydrogen-bond donors (Lipinski definition) is 1. The molecule has 0 radical (unpaired) electrons.